The molecule has 1 aromatic carbocycles. The maximum Gasteiger partial charge on any atom is 0.424 e. The number of carbonyl (C=O) groups is 4. The summed E-state index contributed by atoms with van der Waals surface area (Å²) in [6.45, 7) is 3.77. The van der Waals surface area contributed by atoms with Gasteiger partial charge in [-0.25, -0.2) is 9.36 Å². The van der Waals surface area contributed by atoms with Crippen LogP contribution in [0.1, 0.15) is 33.9 Å². The first-order chi connectivity index (χ1) is 16.5. The molecule has 13 nitrogen and oxygen atoms in total. The van der Waals surface area contributed by atoms with E-state index in [-0.39, 0.29) is 11.0 Å². The van der Waals surface area contributed by atoms with Crippen LogP contribution >= 0.6 is 0 Å². The van der Waals surface area contributed by atoms with Crippen LogP contribution in [0.5, 0.6) is 0 Å². The fourth-order valence-corrected chi connectivity index (χ4v) is 3.72. The minimum atomic E-state index is -1.70. The average Bonchev–Trinajstić information content (AvgIpc) is 2.75. The zero-order valence-electron chi connectivity index (χ0n) is 19.2. The predicted octanol–water partition coefficient (Wildman–Crippen LogP) is 0.210. The number of aromatic nitrogens is 1. The molecule has 0 bridgehead atoms. The molecular weight excluding hydrogens is 470 g/mol. The van der Waals surface area contributed by atoms with E-state index in [4.69, 9.17) is 28.1 Å². The second kappa shape index (κ2) is 10.5. The molecule has 0 aliphatic carbocycles. The zero-order chi connectivity index (χ0) is 25.9. The Kier molecular flexibility index (Phi) is 7.69. The van der Waals surface area contributed by atoms with Crippen molar-refractivity contribution in [2.45, 2.75) is 58.3 Å². The van der Waals surface area contributed by atoms with E-state index in [0.717, 1.165) is 27.7 Å². The number of nitrogens with zero attached hydrogens (tertiary/aromatic N) is 1. The quantitative estimate of drug-likeness (QED) is 0.397. The van der Waals surface area contributed by atoms with Crippen molar-refractivity contribution < 1.29 is 47.3 Å². The van der Waals surface area contributed by atoms with Crippen LogP contribution < -0.4 is 11.3 Å². The molecule has 0 saturated carbocycles. The summed E-state index contributed by atoms with van der Waals surface area (Å²) in [6, 6.07) is 5.92. The second-order valence-corrected chi connectivity index (χ2v) is 7.63. The molecule has 0 unspecified atom stereocenters. The van der Waals surface area contributed by atoms with Gasteiger partial charge in [-0.2, -0.15) is 0 Å². The van der Waals surface area contributed by atoms with Gasteiger partial charge in [0.05, 0.1) is 5.39 Å². The van der Waals surface area contributed by atoms with Crippen LogP contribution in [0.25, 0.3) is 11.0 Å². The molecule has 35 heavy (non-hydrogen) atoms. The van der Waals surface area contributed by atoms with Crippen LogP contribution in [-0.4, -0.2) is 59.5 Å². The summed E-state index contributed by atoms with van der Waals surface area (Å²) in [5.74, 6) is -4.41. The van der Waals surface area contributed by atoms with Crippen molar-refractivity contribution >= 4 is 34.8 Å². The standard InChI is InChI=1S/C22H23NO12/c1-10(24)30-9-16-17(31-11(2)25)18(32-12(3)26)19(33-13(4)27)21(34-16)23-20(28)14-7-5-6-8-15(14)35-22(23)29/h5-8,16-19,21H,9H2,1-4H3/t16-,17-,18+,19-,21-/m1/s1. The lowest BCUT2D eigenvalue weighted by molar-refractivity contribution is -0.270. The molecule has 0 spiro atoms. The number of ether oxygens (including phenoxy) is 5. The van der Waals surface area contributed by atoms with Crippen molar-refractivity contribution in [3.05, 3.63) is 45.2 Å². The van der Waals surface area contributed by atoms with Crippen molar-refractivity contribution in [3.8, 4) is 0 Å². The number of benzene rings is 1. The summed E-state index contributed by atoms with van der Waals surface area (Å²) in [5.41, 5.74) is -0.845. The Morgan fingerprint density at radius 1 is 0.829 bits per heavy atom. The van der Waals surface area contributed by atoms with Gasteiger partial charge >= 0.3 is 29.6 Å². The van der Waals surface area contributed by atoms with Crippen molar-refractivity contribution in [2.24, 2.45) is 0 Å². The lowest BCUT2D eigenvalue weighted by Gasteiger charge is -2.44. The summed E-state index contributed by atoms with van der Waals surface area (Å²) in [5, 5.41) is 0.0138. The fourth-order valence-electron chi connectivity index (χ4n) is 3.72. The van der Waals surface area contributed by atoms with Crippen LogP contribution in [0.4, 0.5) is 0 Å². The largest absolute Gasteiger partial charge is 0.463 e. The zero-order valence-corrected chi connectivity index (χ0v) is 19.2. The molecule has 0 amide bonds. The van der Waals surface area contributed by atoms with Crippen LogP contribution in [0.3, 0.4) is 0 Å². The first-order valence-electron chi connectivity index (χ1n) is 10.4. The Morgan fingerprint density at radius 2 is 1.40 bits per heavy atom. The summed E-state index contributed by atoms with van der Waals surface area (Å²) in [7, 11) is 0. The molecule has 1 aliphatic rings. The van der Waals surface area contributed by atoms with Crippen molar-refractivity contribution in [1.82, 2.24) is 4.57 Å². The van der Waals surface area contributed by atoms with E-state index < -0.39 is 72.4 Å². The fraction of sp³-hybridized carbons (Fsp3) is 0.455. The van der Waals surface area contributed by atoms with E-state index in [1.807, 2.05) is 0 Å². The third kappa shape index (κ3) is 5.74. The summed E-state index contributed by atoms with van der Waals surface area (Å²) in [6.07, 6.45) is -7.64. The van der Waals surface area contributed by atoms with Gasteiger partial charge in [-0.3, -0.25) is 24.0 Å². The van der Waals surface area contributed by atoms with Gasteiger partial charge in [0.1, 0.15) is 18.3 Å². The monoisotopic (exact) mass is 493 g/mol. The van der Waals surface area contributed by atoms with Crippen LogP contribution in [-0.2, 0) is 42.9 Å². The molecule has 3 rings (SSSR count). The maximum absolute atomic E-state index is 13.2. The Morgan fingerprint density at radius 3 is 2.00 bits per heavy atom. The minimum absolute atomic E-state index is 0.00406. The van der Waals surface area contributed by atoms with E-state index in [1.54, 1.807) is 12.1 Å². The van der Waals surface area contributed by atoms with E-state index >= 15 is 0 Å². The average molecular weight is 493 g/mol. The van der Waals surface area contributed by atoms with Gasteiger partial charge in [-0.1, -0.05) is 12.1 Å². The Bertz CT molecular complexity index is 1260. The van der Waals surface area contributed by atoms with Gasteiger partial charge < -0.3 is 28.1 Å². The number of carbonyl (C=O) groups excluding carboxylic acids is 4. The number of para-hydroxylation sites is 1. The molecule has 0 N–H and O–H groups in total. The summed E-state index contributed by atoms with van der Waals surface area (Å²) in [4.78, 5) is 73.2. The summed E-state index contributed by atoms with van der Waals surface area (Å²) < 4.78 is 32.5. The van der Waals surface area contributed by atoms with Gasteiger partial charge in [-0.05, 0) is 12.1 Å². The number of hydrogen-bond acceptors (Lipinski definition) is 12. The smallest absolute Gasteiger partial charge is 0.424 e. The minimum Gasteiger partial charge on any atom is -0.463 e. The highest BCUT2D eigenvalue weighted by molar-refractivity contribution is 5.75. The van der Waals surface area contributed by atoms with Gasteiger partial charge in [0, 0.05) is 27.7 Å². The molecule has 1 saturated heterocycles. The number of fused-ring (bicyclic) bond motifs is 1. The van der Waals surface area contributed by atoms with Crippen molar-refractivity contribution in [3.63, 3.8) is 0 Å². The third-order valence-corrected chi connectivity index (χ3v) is 4.95. The van der Waals surface area contributed by atoms with Crippen LogP contribution in [0, 0.1) is 0 Å². The molecule has 0 radical (unpaired) electrons. The van der Waals surface area contributed by atoms with E-state index in [0.29, 0.717) is 4.57 Å². The lowest BCUT2D eigenvalue weighted by atomic mass is 9.97. The first-order valence-corrected chi connectivity index (χ1v) is 10.4. The van der Waals surface area contributed by atoms with E-state index in [2.05, 4.69) is 0 Å². The topological polar surface area (TPSA) is 167 Å². The molecule has 5 atom stereocenters. The molecule has 188 valence electrons. The Hall–Kier alpha value is -4.00. The molecular formula is C22H23NO12. The highest BCUT2D eigenvalue weighted by atomic mass is 16.7. The maximum atomic E-state index is 13.2. The molecule has 1 fully saturated rings. The van der Waals surface area contributed by atoms with Gasteiger partial charge in [0.25, 0.3) is 5.56 Å². The number of rotatable bonds is 6. The van der Waals surface area contributed by atoms with Crippen LogP contribution in [0.2, 0.25) is 0 Å². The third-order valence-electron chi connectivity index (χ3n) is 4.95. The van der Waals surface area contributed by atoms with Crippen molar-refractivity contribution in [2.75, 3.05) is 6.61 Å². The highest BCUT2D eigenvalue weighted by Gasteiger charge is 2.53. The van der Waals surface area contributed by atoms with E-state index in [9.17, 15) is 28.8 Å². The van der Waals surface area contributed by atoms with Gasteiger partial charge in [0.15, 0.2) is 24.5 Å². The second-order valence-electron chi connectivity index (χ2n) is 7.63. The predicted molar refractivity (Wildman–Crippen MR) is 114 cm³/mol. The molecule has 1 aromatic heterocycles. The normalized spacial score (nSPS) is 23.8. The Balaban J connectivity index is 2.22. The molecule has 13 heteroatoms. The van der Waals surface area contributed by atoms with Crippen molar-refractivity contribution in [1.29, 1.82) is 0 Å². The Labute approximate surface area is 197 Å². The number of esters is 4. The highest BCUT2D eigenvalue weighted by Crippen LogP contribution is 2.33. The SMILES string of the molecule is CC(=O)OC[C@H]1O[C@@H](n2c(=O)oc3ccccc3c2=O)[C@H](OC(C)=O)[C@@H](OC(C)=O)[C@@H]1OC(C)=O. The summed E-state index contributed by atoms with van der Waals surface area (Å²) >= 11 is 0. The van der Waals surface area contributed by atoms with Gasteiger partial charge in [0.2, 0.25) is 0 Å². The van der Waals surface area contributed by atoms with E-state index in [1.165, 1.54) is 12.1 Å². The van der Waals surface area contributed by atoms with Crippen LogP contribution in [0.15, 0.2) is 38.3 Å². The number of hydrogen-bond donors (Lipinski definition) is 0. The molecule has 2 aromatic rings. The van der Waals surface area contributed by atoms with Gasteiger partial charge in [-0.15, -0.1) is 0 Å². The first kappa shape index (κ1) is 25.6. The lowest BCUT2D eigenvalue weighted by Crippen LogP contribution is -2.62. The molecule has 1 aliphatic heterocycles. The molecule has 2 heterocycles.